The first-order valence-corrected chi connectivity index (χ1v) is 8.04. The largest absolute Gasteiger partial charge is 0.495 e. The topological polar surface area (TPSA) is 27.7 Å². The maximum Gasteiger partial charge on any atom is 0.141 e. The fourth-order valence-electron chi connectivity index (χ4n) is 2.35. The quantitative estimate of drug-likeness (QED) is 0.690. The Labute approximate surface area is 130 Å². The van der Waals surface area contributed by atoms with Crippen LogP contribution in [-0.2, 0) is 4.74 Å². The number of hydrogen-bond acceptors (Lipinski definition) is 3. The molecule has 1 aromatic rings. The molecule has 1 heterocycles. The van der Waals surface area contributed by atoms with Crippen LogP contribution in [0.4, 0.5) is 0 Å². The van der Waals surface area contributed by atoms with Crippen molar-refractivity contribution in [3.63, 3.8) is 0 Å². The average Bonchev–Trinajstić information content (AvgIpc) is 2.91. The lowest BCUT2D eigenvalue weighted by molar-refractivity contribution is 0.104. The molecule has 2 rings (SSSR count). The Morgan fingerprint density at radius 3 is 2.74 bits per heavy atom. The van der Waals surface area contributed by atoms with Gasteiger partial charge in [-0.25, -0.2) is 0 Å². The smallest absolute Gasteiger partial charge is 0.141 e. The van der Waals surface area contributed by atoms with E-state index in [1.807, 2.05) is 12.1 Å². The van der Waals surface area contributed by atoms with E-state index >= 15 is 0 Å². The van der Waals surface area contributed by atoms with E-state index in [9.17, 15) is 0 Å². The zero-order valence-electron chi connectivity index (χ0n) is 11.1. The molecule has 1 fully saturated rings. The average molecular weight is 394 g/mol. The lowest BCUT2D eigenvalue weighted by atomic mass is 10.0. The van der Waals surface area contributed by atoms with E-state index in [-0.39, 0.29) is 4.83 Å². The van der Waals surface area contributed by atoms with Crippen LogP contribution in [0, 0.1) is 0 Å². The summed E-state index contributed by atoms with van der Waals surface area (Å²) < 4.78 is 17.3. The van der Waals surface area contributed by atoms with Gasteiger partial charge in [0.2, 0.25) is 0 Å². The fraction of sp³-hybridized carbons (Fsp3) is 0.571. The second-order valence-corrected chi connectivity index (χ2v) is 6.44. The standard InChI is InChI=1S/C14H18Br2O3/c1-17-12-6-5-10(14(18-2)13(12)16)11(15)8-9-4-3-7-19-9/h5-6,9,11H,3-4,7-8H2,1-2H3. The van der Waals surface area contributed by atoms with E-state index in [2.05, 4.69) is 31.9 Å². The monoisotopic (exact) mass is 392 g/mol. The van der Waals surface area contributed by atoms with Gasteiger partial charge in [0.1, 0.15) is 16.0 Å². The summed E-state index contributed by atoms with van der Waals surface area (Å²) in [5, 5.41) is 0. The number of ether oxygens (including phenoxy) is 3. The molecule has 106 valence electrons. The van der Waals surface area contributed by atoms with Gasteiger partial charge in [-0.05, 0) is 41.3 Å². The van der Waals surface area contributed by atoms with Gasteiger partial charge in [0, 0.05) is 17.0 Å². The SMILES string of the molecule is COc1ccc(C(Br)CC2CCCO2)c(OC)c1Br. The number of hydrogen-bond donors (Lipinski definition) is 0. The molecule has 0 aromatic heterocycles. The second-order valence-electron chi connectivity index (χ2n) is 4.54. The Bertz CT molecular complexity index is 431. The number of methoxy groups -OCH3 is 2. The highest BCUT2D eigenvalue weighted by Gasteiger charge is 2.24. The molecule has 19 heavy (non-hydrogen) atoms. The molecule has 1 aliphatic rings. The first kappa shape index (κ1) is 15.1. The predicted octanol–water partition coefficient (Wildman–Crippen LogP) is 4.47. The lowest BCUT2D eigenvalue weighted by Crippen LogP contribution is -2.09. The zero-order chi connectivity index (χ0) is 13.8. The van der Waals surface area contributed by atoms with Gasteiger partial charge >= 0.3 is 0 Å². The molecule has 0 N–H and O–H groups in total. The van der Waals surface area contributed by atoms with Gasteiger partial charge in [0.15, 0.2) is 0 Å². The van der Waals surface area contributed by atoms with Gasteiger partial charge in [-0.2, -0.15) is 0 Å². The number of rotatable bonds is 5. The maximum atomic E-state index is 5.69. The van der Waals surface area contributed by atoms with Crippen molar-refractivity contribution in [1.82, 2.24) is 0 Å². The summed E-state index contributed by atoms with van der Waals surface area (Å²) in [6, 6.07) is 3.99. The van der Waals surface area contributed by atoms with Crippen molar-refractivity contribution >= 4 is 31.9 Å². The Balaban J connectivity index is 2.20. The second kappa shape index (κ2) is 6.95. The molecular weight excluding hydrogens is 376 g/mol. The molecule has 2 atom stereocenters. The first-order valence-electron chi connectivity index (χ1n) is 6.33. The van der Waals surface area contributed by atoms with E-state index in [1.54, 1.807) is 14.2 Å². The predicted molar refractivity (Wildman–Crippen MR) is 82.5 cm³/mol. The van der Waals surface area contributed by atoms with E-state index in [0.717, 1.165) is 47.4 Å². The number of alkyl halides is 1. The minimum Gasteiger partial charge on any atom is -0.495 e. The van der Waals surface area contributed by atoms with Gasteiger partial charge in [0.05, 0.1) is 20.3 Å². The van der Waals surface area contributed by atoms with Crippen molar-refractivity contribution in [2.75, 3.05) is 20.8 Å². The van der Waals surface area contributed by atoms with E-state index < -0.39 is 0 Å². The summed E-state index contributed by atoms with van der Waals surface area (Å²) in [6.45, 7) is 0.883. The van der Waals surface area contributed by atoms with Crippen LogP contribution < -0.4 is 9.47 Å². The van der Waals surface area contributed by atoms with Crippen LogP contribution in [0.3, 0.4) is 0 Å². The summed E-state index contributed by atoms with van der Waals surface area (Å²) >= 11 is 7.28. The van der Waals surface area contributed by atoms with Crippen molar-refractivity contribution in [3.05, 3.63) is 22.2 Å². The molecule has 0 radical (unpaired) electrons. The third-order valence-corrected chi connectivity index (χ3v) is 4.97. The normalized spacial score (nSPS) is 20.3. The van der Waals surface area contributed by atoms with Crippen LogP contribution in [0.15, 0.2) is 16.6 Å². The Morgan fingerprint density at radius 1 is 1.37 bits per heavy atom. The van der Waals surface area contributed by atoms with Crippen LogP contribution in [0.5, 0.6) is 11.5 Å². The van der Waals surface area contributed by atoms with Crippen molar-refractivity contribution in [2.24, 2.45) is 0 Å². The summed E-state index contributed by atoms with van der Waals surface area (Å²) in [7, 11) is 3.33. The third-order valence-electron chi connectivity index (χ3n) is 3.35. The van der Waals surface area contributed by atoms with E-state index in [1.165, 1.54) is 0 Å². The van der Waals surface area contributed by atoms with Gasteiger partial charge in [0.25, 0.3) is 0 Å². The van der Waals surface area contributed by atoms with Crippen molar-refractivity contribution in [3.8, 4) is 11.5 Å². The van der Waals surface area contributed by atoms with E-state index in [0.29, 0.717) is 6.10 Å². The third kappa shape index (κ3) is 3.44. The first-order chi connectivity index (χ1) is 9.17. The van der Waals surface area contributed by atoms with Gasteiger partial charge in [-0.3, -0.25) is 0 Å². The highest BCUT2D eigenvalue weighted by molar-refractivity contribution is 9.10. The molecule has 0 aliphatic carbocycles. The summed E-state index contributed by atoms with van der Waals surface area (Å²) in [5.41, 5.74) is 1.12. The minimum absolute atomic E-state index is 0.216. The molecule has 1 aliphatic heterocycles. The van der Waals surface area contributed by atoms with Crippen LogP contribution >= 0.6 is 31.9 Å². The highest BCUT2D eigenvalue weighted by Crippen LogP contribution is 2.44. The summed E-state index contributed by atoms with van der Waals surface area (Å²) in [5.74, 6) is 1.59. The maximum absolute atomic E-state index is 5.69. The van der Waals surface area contributed by atoms with Crippen LogP contribution in [0.2, 0.25) is 0 Å². The minimum atomic E-state index is 0.216. The number of halogens is 2. The highest BCUT2D eigenvalue weighted by atomic mass is 79.9. The molecule has 1 saturated heterocycles. The van der Waals surface area contributed by atoms with Crippen molar-refractivity contribution in [2.45, 2.75) is 30.2 Å². The fourth-order valence-corrected chi connectivity index (χ4v) is 3.82. The molecular formula is C14H18Br2O3. The Morgan fingerprint density at radius 2 is 2.16 bits per heavy atom. The Kier molecular flexibility index (Phi) is 5.54. The van der Waals surface area contributed by atoms with Crippen LogP contribution in [0.1, 0.15) is 29.7 Å². The number of benzene rings is 1. The Hall–Kier alpha value is -0.260. The van der Waals surface area contributed by atoms with Crippen molar-refractivity contribution in [1.29, 1.82) is 0 Å². The van der Waals surface area contributed by atoms with Crippen molar-refractivity contribution < 1.29 is 14.2 Å². The molecule has 0 saturated carbocycles. The van der Waals surface area contributed by atoms with Gasteiger partial charge in [-0.1, -0.05) is 22.0 Å². The van der Waals surface area contributed by atoms with Crippen LogP contribution in [0.25, 0.3) is 0 Å². The molecule has 0 bridgehead atoms. The summed E-state index contributed by atoms with van der Waals surface area (Å²) in [4.78, 5) is 0.216. The van der Waals surface area contributed by atoms with Gasteiger partial charge in [-0.15, -0.1) is 0 Å². The molecule has 2 unspecified atom stereocenters. The molecule has 0 amide bonds. The molecule has 3 nitrogen and oxygen atoms in total. The molecule has 1 aromatic carbocycles. The van der Waals surface area contributed by atoms with Gasteiger partial charge < -0.3 is 14.2 Å². The molecule has 0 spiro atoms. The van der Waals surface area contributed by atoms with Crippen LogP contribution in [-0.4, -0.2) is 26.9 Å². The zero-order valence-corrected chi connectivity index (χ0v) is 14.3. The lowest BCUT2D eigenvalue weighted by Gasteiger charge is -2.19. The van der Waals surface area contributed by atoms with E-state index in [4.69, 9.17) is 14.2 Å². The summed E-state index contributed by atoms with van der Waals surface area (Å²) in [6.07, 6.45) is 3.60. The molecule has 5 heteroatoms.